The first kappa shape index (κ1) is 29.6. The number of allylic oxidation sites excluding steroid dienone is 1. The molecule has 1 aliphatic heterocycles. The summed E-state index contributed by atoms with van der Waals surface area (Å²) in [4.78, 5) is 13.2. The highest BCUT2D eigenvalue weighted by Gasteiger charge is 2.32. The van der Waals surface area contributed by atoms with Crippen LogP contribution in [0, 0.1) is 32.1 Å². The molecule has 8 nitrogen and oxygen atoms in total. The van der Waals surface area contributed by atoms with Gasteiger partial charge in [0.25, 0.3) is 0 Å². The number of ether oxygens (including phenoxy) is 4. The Morgan fingerprint density at radius 3 is 2.56 bits per heavy atom. The summed E-state index contributed by atoms with van der Waals surface area (Å²) in [6, 6.07) is 16.8. The summed E-state index contributed by atoms with van der Waals surface area (Å²) in [5.41, 5.74) is 11.4. The van der Waals surface area contributed by atoms with E-state index in [1.54, 1.807) is 25.3 Å². The summed E-state index contributed by atoms with van der Waals surface area (Å²) < 4.78 is 29.1. The maximum absolute atomic E-state index is 13.2. The van der Waals surface area contributed by atoms with Crippen molar-refractivity contribution in [2.75, 3.05) is 13.7 Å². The molecule has 1 unspecified atom stereocenters. The van der Waals surface area contributed by atoms with Gasteiger partial charge in [0.2, 0.25) is 11.6 Å². The lowest BCUT2D eigenvalue weighted by Crippen LogP contribution is -2.21. The van der Waals surface area contributed by atoms with Gasteiger partial charge in [-0.15, -0.1) is 0 Å². The maximum Gasteiger partial charge on any atom is 0.379 e. The molecule has 0 amide bonds. The van der Waals surface area contributed by atoms with Crippen molar-refractivity contribution in [3.05, 3.63) is 93.6 Å². The van der Waals surface area contributed by atoms with E-state index in [1.807, 2.05) is 51.1 Å². The number of methoxy groups -OCH3 is 1. The Morgan fingerprint density at radius 2 is 1.81 bits per heavy atom. The molecular formula is C35H36N2O6. The zero-order chi connectivity index (χ0) is 30.7. The molecule has 43 heavy (non-hydrogen) atoms. The summed E-state index contributed by atoms with van der Waals surface area (Å²) in [5.74, 6) is 0.837. The van der Waals surface area contributed by atoms with Gasteiger partial charge in [0.15, 0.2) is 11.5 Å². The number of esters is 1. The molecule has 2 heterocycles. The first-order valence-electron chi connectivity index (χ1n) is 14.5. The maximum atomic E-state index is 13.2. The summed E-state index contributed by atoms with van der Waals surface area (Å²) in [6.45, 7) is 8.57. The lowest BCUT2D eigenvalue weighted by atomic mass is 9.83. The van der Waals surface area contributed by atoms with Crippen LogP contribution in [0.1, 0.15) is 76.9 Å². The normalized spacial score (nSPS) is 14.2. The van der Waals surface area contributed by atoms with Crippen LogP contribution in [0.2, 0.25) is 0 Å². The van der Waals surface area contributed by atoms with Crippen molar-refractivity contribution in [1.29, 1.82) is 5.26 Å². The van der Waals surface area contributed by atoms with Crippen LogP contribution in [0.15, 0.2) is 64.4 Å². The highest BCUT2D eigenvalue weighted by atomic mass is 16.5. The van der Waals surface area contributed by atoms with Crippen molar-refractivity contribution >= 4 is 16.9 Å². The van der Waals surface area contributed by atoms with Crippen LogP contribution in [0.3, 0.4) is 0 Å². The molecule has 0 spiro atoms. The predicted octanol–water partition coefficient (Wildman–Crippen LogP) is 7.76. The minimum absolute atomic E-state index is 0.0160. The molecule has 0 fully saturated rings. The van der Waals surface area contributed by atoms with Gasteiger partial charge in [-0.1, -0.05) is 50.5 Å². The second kappa shape index (κ2) is 12.5. The average Bonchev–Trinajstić information content (AvgIpc) is 3.35. The number of aryl methyl sites for hydroxylation is 3. The van der Waals surface area contributed by atoms with Crippen LogP contribution in [0.4, 0.5) is 0 Å². The van der Waals surface area contributed by atoms with Crippen LogP contribution in [0.25, 0.3) is 11.0 Å². The fourth-order valence-corrected chi connectivity index (χ4v) is 5.40. The average molecular weight is 581 g/mol. The van der Waals surface area contributed by atoms with E-state index in [4.69, 9.17) is 29.1 Å². The second-order valence-corrected chi connectivity index (χ2v) is 10.8. The quantitative estimate of drug-likeness (QED) is 0.115. The molecular weight excluding hydrogens is 544 g/mol. The molecule has 0 saturated heterocycles. The summed E-state index contributed by atoms with van der Waals surface area (Å²) in [5, 5.41) is 10.9. The van der Waals surface area contributed by atoms with Crippen molar-refractivity contribution in [1.82, 2.24) is 0 Å². The molecule has 3 aromatic carbocycles. The third-order valence-electron chi connectivity index (χ3n) is 7.99. The molecule has 5 rings (SSSR count). The summed E-state index contributed by atoms with van der Waals surface area (Å²) in [6.07, 6.45) is 4.41. The molecule has 0 bridgehead atoms. The number of nitrogens with zero attached hydrogens (tertiary/aromatic N) is 1. The number of nitriles is 1. The summed E-state index contributed by atoms with van der Waals surface area (Å²) in [7, 11) is 1.59. The monoisotopic (exact) mass is 580 g/mol. The molecule has 8 heteroatoms. The van der Waals surface area contributed by atoms with Gasteiger partial charge in [-0.3, -0.25) is 0 Å². The van der Waals surface area contributed by atoms with Gasteiger partial charge in [-0.25, -0.2) is 4.79 Å². The molecule has 222 valence electrons. The predicted molar refractivity (Wildman–Crippen MR) is 164 cm³/mol. The smallest absolute Gasteiger partial charge is 0.379 e. The first-order valence-corrected chi connectivity index (χ1v) is 14.5. The fraction of sp³-hybridized carbons (Fsp3) is 0.314. The van der Waals surface area contributed by atoms with Crippen LogP contribution in [-0.2, 0) is 0 Å². The van der Waals surface area contributed by atoms with Crippen molar-refractivity contribution < 1.29 is 28.2 Å². The summed E-state index contributed by atoms with van der Waals surface area (Å²) >= 11 is 0. The van der Waals surface area contributed by atoms with E-state index in [0.717, 1.165) is 41.3 Å². The van der Waals surface area contributed by atoms with E-state index in [9.17, 15) is 10.1 Å². The van der Waals surface area contributed by atoms with E-state index in [0.29, 0.717) is 40.6 Å². The second-order valence-electron chi connectivity index (χ2n) is 10.8. The molecule has 0 radical (unpaired) electrons. The van der Waals surface area contributed by atoms with Gasteiger partial charge in [-0.2, -0.15) is 5.26 Å². The molecule has 2 N–H and O–H groups in total. The number of hydrogen-bond donors (Lipinski definition) is 1. The lowest BCUT2D eigenvalue weighted by Gasteiger charge is -2.27. The number of nitrogens with two attached hydrogens (primary N) is 1. The van der Waals surface area contributed by atoms with Gasteiger partial charge >= 0.3 is 5.97 Å². The molecule has 1 aromatic heterocycles. The van der Waals surface area contributed by atoms with Crippen molar-refractivity contribution in [2.45, 2.75) is 59.3 Å². The third kappa shape index (κ3) is 5.76. The third-order valence-corrected chi connectivity index (χ3v) is 7.99. The number of hydrogen-bond acceptors (Lipinski definition) is 8. The Balaban J connectivity index is 1.42. The number of furan rings is 1. The van der Waals surface area contributed by atoms with E-state index in [2.05, 4.69) is 13.0 Å². The molecule has 0 saturated carbocycles. The Labute approximate surface area is 251 Å². The minimum Gasteiger partial charge on any atom is -0.493 e. The van der Waals surface area contributed by atoms with Crippen LogP contribution < -0.4 is 24.7 Å². The topological polar surface area (TPSA) is 117 Å². The minimum atomic E-state index is -0.616. The number of benzene rings is 3. The van der Waals surface area contributed by atoms with Crippen molar-refractivity contribution in [2.24, 2.45) is 5.73 Å². The fourth-order valence-electron chi connectivity index (χ4n) is 5.40. The van der Waals surface area contributed by atoms with Gasteiger partial charge < -0.3 is 29.1 Å². The van der Waals surface area contributed by atoms with E-state index in [1.165, 1.54) is 6.42 Å². The number of unbranched alkanes of at least 4 members (excludes halogenated alkanes) is 3. The first-order chi connectivity index (χ1) is 20.8. The highest BCUT2D eigenvalue weighted by Crippen LogP contribution is 2.45. The highest BCUT2D eigenvalue weighted by molar-refractivity contribution is 5.98. The molecule has 1 atom stereocenters. The van der Waals surface area contributed by atoms with E-state index >= 15 is 0 Å². The van der Waals surface area contributed by atoms with Crippen LogP contribution in [-0.4, -0.2) is 19.7 Å². The van der Waals surface area contributed by atoms with Gasteiger partial charge in [0, 0.05) is 22.6 Å². The SMILES string of the molecule is CCCCCCOc1ccc(C2C(C#N)=C(N)Oc3cc(OC(=O)c4oc5c(C)c(C)ccc5c4C)ccc32)cc1OC. The number of carbonyl (C=O) groups excluding carboxylic acids is 1. The molecule has 1 aliphatic rings. The van der Waals surface area contributed by atoms with Crippen molar-refractivity contribution in [3.8, 4) is 29.1 Å². The Hall–Kier alpha value is -4.90. The van der Waals surface area contributed by atoms with Gasteiger partial charge in [0.1, 0.15) is 28.7 Å². The lowest BCUT2D eigenvalue weighted by molar-refractivity contribution is 0.0702. The van der Waals surface area contributed by atoms with Gasteiger partial charge in [-0.05, 0) is 62.1 Å². The van der Waals surface area contributed by atoms with Gasteiger partial charge in [0.05, 0.1) is 19.6 Å². The Kier molecular flexibility index (Phi) is 8.63. The van der Waals surface area contributed by atoms with Crippen molar-refractivity contribution in [3.63, 3.8) is 0 Å². The largest absolute Gasteiger partial charge is 0.493 e. The number of fused-ring (bicyclic) bond motifs is 2. The molecule has 4 aromatic rings. The standard InChI is InChI=1S/C35H36N2O6/c1-6-7-8-9-16-40-28-15-11-23(17-30(28)39-5)31-26-14-12-24(18-29(26)42-34(37)27(31)19-36)41-35(38)33-22(4)25-13-10-20(2)21(3)32(25)43-33/h10-15,17-18,31H,6-9,16,37H2,1-5H3. The van der Waals surface area contributed by atoms with E-state index in [-0.39, 0.29) is 23.0 Å². The van der Waals surface area contributed by atoms with Crippen LogP contribution >= 0.6 is 0 Å². The zero-order valence-corrected chi connectivity index (χ0v) is 25.2. The Bertz CT molecular complexity index is 1760. The van der Waals surface area contributed by atoms with Crippen LogP contribution in [0.5, 0.6) is 23.0 Å². The zero-order valence-electron chi connectivity index (χ0n) is 25.2. The molecule has 0 aliphatic carbocycles. The Morgan fingerprint density at radius 1 is 1.00 bits per heavy atom. The number of carbonyl (C=O) groups is 1. The number of rotatable bonds is 10. The van der Waals surface area contributed by atoms with E-state index < -0.39 is 11.9 Å².